The van der Waals surface area contributed by atoms with Gasteiger partial charge < -0.3 is 9.09 Å². The normalized spacial score (nSPS) is 13.7. The summed E-state index contributed by atoms with van der Waals surface area (Å²) in [5, 5.41) is 3.70. The Hall–Kier alpha value is -1.64. The van der Waals surface area contributed by atoms with Crippen molar-refractivity contribution in [3.05, 3.63) is 35.5 Å². The SMILES string of the molecule is Cc1noc(C)c1S(=O)(=O)NC[C@@H](c1cccn1C)N(C)C. The monoisotopic (exact) mass is 326 g/mol. The van der Waals surface area contributed by atoms with E-state index in [1.54, 1.807) is 13.8 Å². The van der Waals surface area contributed by atoms with Crippen LogP contribution in [0.1, 0.15) is 23.2 Å². The summed E-state index contributed by atoms with van der Waals surface area (Å²) in [6.45, 7) is 3.47. The van der Waals surface area contributed by atoms with Crippen LogP contribution in [-0.4, -0.2) is 43.7 Å². The highest BCUT2D eigenvalue weighted by Crippen LogP contribution is 2.21. The van der Waals surface area contributed by atoms with Crippen LogP contribution in [0.3, 0.4) is 0 Å². The average Bonchev–Trinajstić information content (AvgIpc) is 2.96. The van der Waals surface area contributed by atoms with Crippen LogP contribution in [0.4, 0.5) is 0 Å². The number of rotatable bonds is 6. The Morgan fingerprint density at radius 1 is 1.41 bits per heavy atom. The second-order valence-corrected chi connectivity index (χ2v) is 7.23. The summed E-state index contributed by atoms with van der Waals surface area (Å²) in [5.74, 6) is 0.297. The second kappa shape index (κ2) is 6.23. The molecule has 0 bridgehead atoms. The van der Waals surface area contributed by atoms with Crippen LogP contribution in [0.25, 0.3) is 0 Å². The molecule has 0 saturated heterocycles. The van der Waals surface area contributed by atoms with Crippen LogP contribution in [0.5, 0.6) is 0 Å². The zero-order chi connectivity index (χ0) is 16.5. The molecule has 0 unspecified atom stereocenters. The molecule has 0 spiro atoms. The van der Waals surface area contributed by atoms with E-state index in [1.807, 2.05) is 48.9 Å². The second-order valence-electron chi connectivity index (χ2n) is 5.53. The van der Waals surface area contributed by atoms with E-state index in [0.717, 1.165) is 5.69 Å². The molecule has 2 heterocycles. The number of likely N-dealkylation sites (N-methyl/N-ethyl adjacent to an activating group) is 1. The fraction of sp³-hybridized carbons (Fsp3) is 0.500. The van der Waals surface area contributed by atoms with Gasteiger partial charge in [-0.2, -0.15) is 0 Å². The van der Waals surface area contributed by atoms with Gasteiger partial charge in [0.05, 0.1) is 6.04 Å². The Morgan fingerprint density at radius 3 is 2.55 bits per heavy atom. The predicted molar refractivity (Wildman–Crippen MR) is 83.0 cm³/mol. The van der Waals surface area contributed by atoms with Crippen LogP contribution in [0.15, 0.2) is 27.7 Å². The van der Waals surface area contributed by atoms with Gasteiger partial charge >= 0.3 is 0 Å². The van der Waals surface area contributed by atoms with Gasteiger partial charge in [-0.1, -0.05) is 5.16 Å². The average molecular weight is 326 g/mol. The molecule has 0 aliphatic heterocycles. The van der Waals surface area contributed by atoms with E-state index >= 15 is 0 Å². The van der Waals surface area contributed by atoms with E-state index in [1.165, 1.54) is 0 Å². The summed E-state index contributed by atoms with van der Waals surface area (Å²) >= 11 is 0. The molecule has 1 atom stereocenters. The van der Waals surface area contributed by atoms with Gasteiger partial charge in [-0.3, -0.25) is 4.90 Å². The Bertz CT molecular complexity index is 726. The third kappa shape index (κ3) is 3.23. The van der Waals surface area contributed by atoms with Gasteiger partial charge in [-0.05, 0) is 40.1 Å². The van der Waals surface area contributed by atoms with Crippen molar-refractivity contribution < 1.29 is 12.9 Å². The number of aryl methyl sites for hydroxylation is 3. The minimum Gasteiger partial charge on any atom is -0.360 e. The molecule has 0 aromatic carbocycles. The van der Waals surface area contributed by atoms with Crippen molar-refractivity contribution in [1.29, 1.82) is 0 Å². The van der Waals surface area contributed by atoms with Crippen LogP contribution in [0.2, 0.25) is 0 Å². The first kappa shape index (κ1) is 16.7. The summed E-state index contributed by atoms with van der Waals surface area (Å²) in [4.78, 5) is 2.10. The first-order valence-electron chi connectivity index (χ1n) is 6.94. The van der Waals surface area contributed by atoms with E-state index in [4.69, 9.17) is 4.52 Å². The molecule has 0 fully saturated rings. The van der Waals surface area contributed by atoms with Crippen molar-refractivity contribution in [2.45, 2.75) is 24.8 Å². The highest BCUT2D eigenvalue weighted by Gasteiger charge is 2.26. The lowest BCUT2D eigenvalue weighted by molar-refractivity contribution is 0.289. The molecular weight excluding hydrogens is 304 g/mol. The lowest BCUT2D eigenvalue weighted by Gasteiger charge is -2.25. The van der Waals surface area contributed by atoms with Crippen LogP contribution >= 0.6 is 0 Å². The van der Waals surface area contributed by atoms with Crippen molar-refractivity contribution in [3.8, 4) is 0 Å². The predicted octanol–water partition coefficient (Wildman–Crippen LogP) is 1.21. The van der Waals surface area contributed by atoms with E-state index in [9.17, 15) is 8.42 Å². The maximum absolute atomic E-state index is 12.5. The number of nitrogens with zero attached hydrogens (tertiary/aromatic N) is 3. The number of aromatic nitrogens is 2. The topological polar surface area (TPSA) is 80.4 Å². The van der Waals surface area contributed by atoms with Crippen LogP contribution in [0, 0.1) is 13.8 Å². The maximum atomic E-state index is 12.5. The minimum absolute atomic E-state index is 0.0738. The first-order valence-corrected chi connectivity index (χ1v) is 8.42. The molecule has 2 aromatic heterocycles. The number of hydrogen-bond donors (Lipinski definition) is 1. The van der Waals surface area contributed by atoms with E-state index in [0.29, 0.717) is 11.5 Å². The maximum Gasteiger partial charge on any atom is 0.246 e. The zero-order valence-corrected chi connectivity index (χ0v) is 14.3. The summed E-state index contributed by atoms with van der Waals surface area (Å²) in [5.41, 5.74) is 1.40. The van der Waals surface area contributed by atoms with Crippen LogP contribution in [-0.2, 0) is 17.1 Å². The Morgan fingerprint density at radius 2 is 2.09 bits per heavy atom. The Kier molecular flexibility index (Phi) is 4.74. The van der Waals surface area contributed by atoms with Crippen molar-refractivity contribution >= 4 is 10.0 Å². The van der Waals surface area contributed by atoms with Crippen molar-refractivity contribution in [2.75, 3.05) is 20.6 Å². The quantitative estimate of drug-likeness (QED) is 0.863. The summed E-state index contributed by atoms with van der Waals surface area (Å²) in [7, 11) is 2.12. The molecule has 22 heavy (non-hydrogen) atoms. The van der Waals surface area contributed by atoms with Gasteiger partial charge in [0.15, 0.2) is 5.76 Å². The van der Waals surface area contributed by atoms with Gasteiger partial charge in [0, 0.05) is 25.5 Å². The minimum atomic E-state index is -3.65. The Labute approximate surface area is 130 Å². The van der Waals surface area contributed by atoms with E-state index in [2.05, 4.69) is 9.88 Å². The van der Waals surface area contributed by atoms with Crippen molar-refractivity contribution in [3.63, 3.8) is 0 Å². The molecule has 122 valence electrons. The first-order chi connectivity index (χ1) is 10.2. The van der Waals surface area contributed by atoms with E-state index in [-0.39, 0.29) is 17.5 Å². The largest absolute Gasteiger partial charge is 0.360 e. The van der Waals surface area contributed by atoms with Gasteiger partial charge in [0.2, 0.25) is 10.0 Å². The summed E-state index contributed by atoms with van der Waals surface area (Å²) < 4.78 is 34.5. The summed E-state index contributed by atoms with van der Waals surface area (Å²) in [6, 6.07) is 3.85. The molecule has 8 heteroatoms. The van der Waals surface area contributed by atoms with Gasteiger partial charge in [0.25, 0.3) is 0 Å². The summed E-state index contributed by atoms with van der Waals surface area (Å²) in [6.07, 6.45) is 1.94. The molecule has 2 aromatic rings. The fourth-order valence-corrected chi connectivity index (χ4v) is 3.85. The number of sulfonamides is 1. The number of nitrogens with one attached hydrogen (secondary N) is 1. The molecule has 0 amide bonds. The van der Waals surface area contributed by atoms with Crippen LogP contribution < -0.4 is 4.72 Å². The lowest BCUT2D eigenvalue weighted by Crippen LogP contribution is -2.35. The molecule has 0 aliphatic carbocycles. The fourth-order valence-electron chi connectivity index (χ4n) is 2.49. The van der Waals surface area contributed by atoms with Gasteiger partial charge in [0.1, 0.15) is 10.6 Å². The van der Waals surface area contributed by atoms with Gasteiger partial charge in [-0.15, -0.1) is 0 Å². The van der Waals surface area contributed by atoms with Gasteiger partial charge in [-0.25, -0.2) is 13.1 Å². The van der Waals surface area contributed by atoms with E-state index < -0.39 is 10.0 Å². The molecular formula is C14H22N4O3S. The molecule has 0 saturated carbocycles. The molecule has 0 aliphatic rings. The molecule has 0 radical (unpaired) electrons. The Balaban J connectivity index is 2.22. The number of hydrogen-bond acceptors (Lipinski definition) is 5. The highest BCUT2D eigenvalue weighted by atomic mass is 32.2. The molecule has 2 rings (SSSR count). The standard InChI is InChI=1S/C14H22N4O3S/c1-10-14(11(2)21-16-10)22(19,20)15-9-13(17(3)4)12-7-6-8-18(12)5/h6-8,13,15H,9H2,1-5H3/t13-/m0/s1. The third-order valence-corrected chi connectivity index (χ3v) is 5.32. The molecule has 1 N–H and O–H groups in total. The smallest absolute Gasteiger partial charge is 0.246 e. The molecule has 7 nitrogen and oxygen atoms in total. The zero-order valence-electron chi connectivity index (χ0n) is 13.5. The third-order valence-electron chi connectivity index (χ3n) is 3.65. The van der Waals surface area contributed by atoms with Crippen molar-refractivity contribution in [1.82, 2.24) is 19.3 Å². The highest BCUT2D eigenvalue weighted by molar-refractivity contribution is 7.89. The lowest BCUT2D eigenvalue weighted by atomic mass is 10.2. The van der Waals surface area contributed by atoms with Crippen molar-refractivity contribution in [2.24, 2.45) is 7.05 Å².